The van der Waals surface area contributed by atoms with Crippen LogP contribution >= 0.6 is 0 Å². The number of amides is 2. The van der Waals surface area contributed by atoms with E-state index >= 15 is 0 Å². The Kier molecular flexibility index (Phi) is 9.52. The van der Waals surface area contributed by atoms with Crippen molar-refractivity contribution >= 4 is 27.5 Å². The van der Waals surface area contributed by atoms with Gasteiger partial charge in [-0.25, -0.2) is 8.42 Å². The fraction of sp³-hybridized carbons (Fsp3) is 0.310. The van der Waals surface area contributed by atoms with Crippen molar-refractivity contribution in [2.24, 2.45) is 0 Å². The molecule has 1 N–H and O–H groups in total. The Balaban J connectivity index is 2.09. The first kappa shape index (κ1) is 28.7. The number of nitrogens with zero attached hydrogens (tertiary/aromatic N) is 2. The van der Waals surface area contributed by atoms with Crippen LogP contribution in [0.1, 0.15) is 30.0 Å². The number of benzene rings is 3. The summed E-state index contributed by atoms with van der Waals surface area (Å²) in [5, 5.41) is 2.63. The van der Waals surface area contributed by atoms with Crippen molar-refractivity contribution in [3.63, 3.8) is 0 Å². The fourth-order valence-electron chi connectivity index (χ4n) is 4.16. The van der Waals surface area contributed by atoms with Gasteiger partial charge in [0.05, 0.1) is 17.7 Å². The maximum atomic E-state index is 13.9. The molecule has 1 atom stereocenters. The smallest absolute Gasteiger partial charge is 0.264 e. The van der Waals surface area contributed by atoms with Gasteiger partial charge in [-0.15, -0.1) is 0 Å². The minimum atomic E-state index is -4.16. The van der Waals surface area contributed by atoms with Crippen molar-refractivity contribution < 1.29 is 22.7 Å². The average Bonchev–Trinajstić information content (AvgIpc) is 2.92. The fourth-order valence-corrected chi connectivity index (χ4v) is 5.59. The molecule has 8 nitrogen and oxygen atoms in total. The van der Waals surface area contributed by atoms with E-state index in [0.29, 0.717) is 12.2 Å². The van der Waals surface area contributed by atoms with Gasteiger partial charge in [0.15, 0.2) is 0 Å². The number of carbonyl (C=O) groups is 2. The third-order valence-corrected chi connectivity index (χ3v) is 8.12. The summed E-state index contributed by atoms with van der Waals surface area (Å²) in [6.45, 7) is 5.28. The van der Waals surface area contributed by atoms with Crippen molar-refractivity contribution in [3.8, 4) is 5.75 Å². The molecule has 3 rings (SSSR count). The number of hydrogen-bond donors (Lipinski definition) is 1. The lowest BCUT2D eigenvalue weighted by atomic mass is 10.1. The van der Waals surface area contributed by atoms with Crippen LogP contribution in [0.15, 0.2) is 77.7 Å². The van der Waals surface area contributed by atoms with E-state index < -0.39 is 28.5 Å². The van der Waals surface area contributed by atoms with Gasteiger partial charge in [-0.1, -0.05) is 66.6 Å². The SMILES string of the molecule is CCC(C(=O)NC)N(Cc1ccc(C)cc1)C(=O)CN(c1ccccc1OC)S(=O)(=O)c1ccc(C)cc1. The lowest BCUT2D eigenvalue weighted by Gasteiger charge is -2.33. The first-order chi connectivity index (χ1) is 18.1. The Bertz CT molecular complexity index is 1360. The van der Waals surface area contributed by atoms with Crippen LogP contribution in [0.3, 0.4) is 0 Å². The molecule has 0 radical (unpaired) electrons. The van der Waals surface area contributed by atoms with E-state index in [-0.39, 0.29) is 23.0 Å². The molecule has 38 heavy (non-hydrogen) atoms. The van der Waals surface area contributed by atoms with Gasteiger partial charge in [-0.2, -0.15) is 0 Å². The minimum Gasteiger partial charge on any atom is -0.495 e. The van der Waals surface area contributed by atoms with Crippen molar-refractivity contribution in [3.05, 3.63) is 89.5 Å². The van der Waals surface area contributed by atoms with Gasteiger partial charge >= 0.3 is 0 Å². The van der Waals surface area contributed by atoms with Crippen LogP contribution in [0.4, 0.5) is 5.69 Å². The highest BCUT2D eigenvalue weighted by Gasteiger charge is 2.34. The highest BCUT2D eigenvalue weighted by Crippen LogP contribution is 2.32. The normalized spacial score (nSPS) is 11.9. The van der Waals surface area contributed by atoms with Crippen molar-refractivity contribution in [2.75, 3.05) is 25.0 Å². The number of para-hydroxylation sites is 2. The van der Waals surface area contributed by atoms with Crippen LogP contribution in [0.5, 0.6) is 5.75 Å². The number of carbonyl (C=O) groups excluding carboxylic acids is 2. The molecule has 0 bridgehead atoms. The van der Waals surface area contributed by atoms with E-state index in [2.05, 4.69) is 5.32 Å². The van der Waals surface area contributed by atoms with Crippen LogP contribution in [-0.4, -0.2) is 51.9 Å². The number of rotatable bonds is 11. The Hall–Kier alpha value is -3.85. The number of methoxy groups -OCH3 is 1. The molecule has 0 aliphatic carbocycles. The summed E-state index contributed by atoms with van der Waals surface area (Å²) in [6, 6.07) is 20.0. The van der Waals surface area contributed by atoms with Crippen LogP contribution in [-0.2, 0) is 26.2 Å². The highest BCUT2D eigenvalue weighted by molar-refractivity contribution is 7.92. The summed E-state index contributed by atoms with van der Waals surface area (Å²) in [6.07, 6.45) is 0.358. The molecule has 2 amide bonds. The Morgan fingerprint density at radius 2 is 1.50 bits per heavy atom. The zero-order valence-corrected chi connectivity index (χ0v) is 23.3. The summed E-state index contributed by atoms with van der Waals surface area (Å²) >= 11 is 0. The largest absolute Gasteiger partial charge is 0.495 e. The van der Waals surface area contributed by atoms with Crippen LogP contribution < -0.4 is 14.4 Å². The molecular weight excluding hydrogens is 502 g/mol. The van der Waals surface area contributed by atoms with Gasteiger partial charge in [-0.05, 0) is 50.1 Å². The zero-order chi connectivity index (χ0) is 27.9. The second-order valence-electron chi connectivity index (χ2n) is 9.04. The van der Waals surface area contributed by atoms with Crippen LogP contribution in [0, 0.1) is 13.8 Å². The Labute approximate surface area is 225 Å². The van der Waals surface area contributed by atoms with Crippen molar-refractivity contribution in [1.82, 2.24) is 10.2 Å². The molecule has 0 aromatic heterocycles. The van der Waals surface area contributed by atoms with E-state index in [1.807, 2.05) is 45.0 Å². The molecule has 0 saturated heterocycles. The lowest BCUT2D eigenvalue weighted by Crippen LogP contribution is -2.51. The number of hydrogen-bond acceptors (Lipinski definition) is 5. The Morgan fingerprint density at radius 3 is 2.05 bits per heavy atom. The first-order valence-electron chi connectivity index (χ1n) is 12.4. The number of ether oxygens (including phenoxy) is 1. The zero-order valence-electron chi connectivity index (χ0n) is 22.5. The van der Waals surface area contributed by atoms with Gasteiger partial charge in [0.2, 0.25) is 11.8 Å². The maximum Gasteiger partial charge on any atom is 0.264 e. The molecule has 9 heteroatoms. The Morgan fingerprint density at radius 1 is 0.921 bits per heavy atom. The van der Waals surface area contributed by atoms with Gasteiger partial charge in [0.25, 0.3) is 10.0 Å². The topological polar surface area (TPSA) is 96.0 Å². The molecule has 0 spiro atoms. The standard InChI is InChI=1S/C29H35N3O5S/c1-6-25(29(34)30-4)31(19-23-15-11-21(2)12-16-23)28(33)20-32(26-9-7-8-10-27(26)37-5)38(35,36)24-17-13-22(3)14-18-24/h7-18,25H,6,19-20H2,1-5H3,(H,30,34). The second-order valence-corrected chi connectivity index (χ2v) is 10.9. The molecule has 0 fully saturated rings. The average molecular weight is 538 g/mol. The summed E-state index contributed by atoms with van der Waals surface area (Å²) in [5.74, 6) is -0.528. The quantitative estimate of drug-likeness (QED) is 0.398. The molecule has 3 aromatic rings. The number of sulfonamides is 1. The molecule has 0 aliphatic heterocycles. The molecule has 1 unspecified atom stereocenters. The first-order valence-corrected chi connectivity index (χ1v) is 13.8. The second kappa shape index (κ2) is 12.6. The number of likely N-dealkylation sites (N-methyl/N-ethyl adjacent to an activating group) is 1. The number of aryl methyl sites for hydroxylation is 2. The minimum absolute atomic E-state index is 0.0465. The van der Waals surface area contributed by atoms with Gasteiger partial charge < -0.3 is 15.0 Å². The summed E-state index contributed by atoms with van der Waals surface area (Å²) < 4.78 is 34.3. The van der Waals surface area contributed by atoms with Crippen molar-refractivity contribution in [2.45, 2.75) is 44.7 Å². The molecule has 0 heterocycles. The summed E-state index contributed by atoms with van der Waals surface area (Å²) in [5.41, 5.74) is 3.03. The molecule has 0 aliphatic rings. The van der Waals surface area contributed by atoms with E-state index in [0.717, 1.165) is 21.0 Å². The summed E-state index contributed by atoms with van der Waals surface area (Å²) in [7, 11) is -1.20. The maximum absolute atomic E-state index is 13.9. The third-order valence-electron chi connectivity index (χ3n) is 6.35. The summed E-state index contributed by atoms with van der Waals surface area (Å²) in [4.78, 5) is 28.2. The number of nitrogens with one attached hydrogen (secondary N) is 1. The molecular formula is C29H35N3O5S. The van der Waals surface area contributed by atoms with E-state index in [1.165, 1.54) is 31.2 Å². The molecule has 3 aromatic carbocycles. The van der Waals surface area contributed by atoms with Gasteiger partial charge in [0.1, 0.15) is 18.3 Å². The highest BCUT2D eigenvalue weighted by atomic mass is 32.2. The van der Waals surface area contributed by atoms with Gasteiger partial charge in [0, 0.05) is 13.6 Å². The lowest BCUT2D eigenvalue weighted by molar-refractivity contribution is -0.140. The van der Waals surface area contributed by atoms with E-state index in [9.17, 15) is 18.0 Å². The predicted octanol–water partition coefficient (Wildman–Crippen LogP) is 4.06. The monoisotopic (exact) mass is 537 g/mol. The molecule has 0 saturated carbocycles. The van der Waals surface area contributed by atoms with E-state index in [1.54, 1.807) is 36.4 Å². The van der Waals surface area contributed by atoms with Crippen LogP contribution in [0.2, 0.25) is 0 Å². The van der Waals surface area contributed by atoms with Gasteiger partial charge in [-0.3, -0.25) is 13.9 Å². The van der Waals surface area contributed by atoms with E-state index in [4.69, 9.17) is 4.74 Å². The number of anilines is 1. The predicted molar refractivity (Wildman–Crippen MR) is 149 cm³/mol. The van der Waals surface area contributed by atoms with Crippen molar-refractivity contribution in [1.29, 1.82) is 0 Å². The van der Waals surface area contributed by atoms with Crippen LogP contribution in [0.25, 0.3) is 0 Å². The third kappa shape index (κ3) is 6.52. The molecule has 202 valence electrons.